The number of unbranched alkanes of at least 4 members (excludes halogenated alkanes) is 2. The van der Waals surface area contributed by atoms with E-state index in [1.807, 2.05) is 13.8 Å². The standard InChI is InChI=1S/C77H129N25O15/c1-8-46(6)63(73(116)98-56(26-18-36-90-77(85)86)74(117)102-37-19-27-60(102)72(115)97-53(23-12-14-32-78)67(110)99-57(38-44(2)3)69(112)94-52(64(80)107)22-13-15-33-87-47(7)103)101-68(111)55(25-17-35-89-76(83)84)95-66(109)54(24-16-34-88-75(81)82)96-70(113)58(39-45(4)5)100-71(114)59(41-48-20-10-9-11-21-48)93-62(106)43-91-61(105)42-92-65(108)51(79)40-49-28-30-50(104)31-29-49/h9-11,20-21,28-31,44-46,51-60,63,104H,8,12-19,22-27,32-43,78-79H2,1-7H3,(H2,80,107)(H,87,103)(H,91,105)(H,92,108)(H,93,106)(H,94,112)(H,95,109)(H,96,113)(H,97,115)(H,98,116)(H,99,110)(H,100,114)(H,101,111)(H4,81,82,88)(H4,83,84,89)(H4,85,86,90)/t46?,51-,52-,53-,54-,55-,56-,57-,58-,59-,60-,63-/m0/s1. The lowest BCUT2D eigenvalue weighted by Crippen LogP contribution is -2.61. The van der Waals surface area contributed by atoms with Gasteiger partial charge in [-0.3, -0.25) is 82.1 Å². The Kier molecular flexibility index (Phi) is 45.7. The highest BCUT2D eigenvalue weighted by atomic mass is 16.3. The number of aliphatic imine (C=N–C) groups is 3. The largest absolute Gasteiger partial charge is 0.508 e. The number of carbonyl (C=O) groups excluding carboxylic acids is 14. The van der Waals surface area contributed by atoms with E-state index in [9.17, 15) is 62.6 Å². The monoisotopic (exact) mass is 1640 g/mol. The average molecular weight is 1650 g/mol. The van der Waals surface area contributed by atoms with Crippen LogP contribution in [0.3, 0.4) is 0 Å². The molecule has 31 N–H and O–H groups in total. The zero-order valence-electron chi connectivity index (χ0n) is 68.5. The van der Waals surface area contributed by atoms with Crippen molar-refractivity contribution in [1.29, 1.82) is 0 Å². The summed E-state index contributed by atoms with van der Waals surface area (Å²) in [5.74, 6) is -12.2. The van der Waals surface area contributed by atoms with E-state index in [1.54, 1.807) is 70.2 Å². The molecule has 0 aliphatic carbocycles. The van der Waals surface area contributed by atoms with Crippen molar-refractivity contribution in [3.8, 4) is 5.75 Å². The maximum atomic E-state index is 15.1. The lowest BCUT2D eigenvalue weighted by atomic mass is 9.96. The van der Waals surface area contributed by atoms with Gasteiger partial charge in [0.1, 0.15) is 66.2 Å². The number of guanidine groups is 3. The van der Waals surface area contributed by atoms with Crippen LogP contribution in [0, 0.1) is 17.8 Å². The van der Waals surface area contributed by atoms with Crippen LogP contribution in [-0.2, 0) is 80.0 Å². The number of phenolic OH excluding ortho intramolecular Hbond substituents is 1. The first-order valence-electron chi connectivity index (χ1n) is 40.0. The molecule has 0 spiro atoms. The van der Waals surface area contributed by atoms with Crippen LogP contribution in [0.4, 0.5) is 0 Å². The minimum Gasteiger partial charge on any atom is -0.508 e. The summed E-state index contributed by atoms with van der Waals surface area (Å²) in [6, 6.07) is 0.400. The molecular weight excluding hydrogens is 1520 g/mol. The lowest BCUT2D eigenvalue weighted by Gasteiger charge is -2.32. The van der Waals surface area contributed by atoms with E-state index >= 15 is 9.59 Å². The first-order valence-corrected chi connectivity index (χ1v) is 40.0. The van der Waals surface area contributed by atoms with Gasteiger partial charge >= 0.3 is 0 Å². The third-order valence-corrected chi connectivity index (χ3v) is 19.1. The highest BCUT2D eigenvalue weighted by Crippen LogP contribution is 2.23. The zero-order chi connectivity index (χ0) is 87.3. The molecule has 2 aromatic rings. The molecule has 0 saturated carbocycles. The van der Waals surface area contributed by atoms with Crippen molar-refractivity contribution >= 4 is 101 Å². The second-order valence-electron chi connectivity index (χ2n) is 30.0. The number of nitrogens with one attached hydrogen (secondary N) is 12. The van der Waals surface area contributed by atoms with Crippen molar-refractivity contribution in [3.63, 3.8) is 0 Å². The SMILES string of the molecule is CCC(C)[C@H](NC(=O)[C@H](CCCN=C(N)N)NC(=O)[C@H](CCCN=C(N)N)NC(=O)[C@H](CC(C)C)NC(=O)[C@H](Cc1ccccc1)NC(=O)CNC(=O)CNC(=O)[C@@H](N)Cc1ccc(O)cc1)C(=O)N[C@@H](CCCN=C(N)N)C(=O)N1CCC[C@H]1C(=O)N[C@@H](CCCCN)C(=O)N[C@@H](CC(C)C)C(=O)N[C@@H](CCCCNC(C)=O)C(N)=O. The molecule has 0 bridgehead atoms. The van der Waals surface area contributed by atoms with E-state index in [2.05, 4.69) is 78.8 Å². The van der Waals surface area contributed by atoms with E-state index < -0.39 is 162 Å². The van der Waals surface area contributed by atoms with Crippen molar-refractivity contribution in [1.82, 2.24) is 68.7 Å². The van der Waals surface area contributed by atoms with E-state index in [0.717, 1.165) is 0 Å². The number of nitrogens with zero attached hydrogens (tertiary/aromatic N) is 4. The van der Waals surface area contributed by atoms with Crippen LogP contribution < -0.4 is 115 Å². The molecule has 1 aliphatic rings. The number of amides is 14. The van der Waals surface area contributed by atoms with E-state index in [0.29, 0.717) is 49.8 Å². The van der Waals surface area contributed by atoms with Crippen LogP contribution >= 0.6 is 0 Å². The molecule has 0 aromatic heterocycles. The summed E-state index contributed by atoms with van der Waals surface area (Å²) < 4.78 is 0. The Bertz CT molecular complexity index is 3650. The molecule has 652 valence electrons. The van der Waals surface area contributed by atoms with Gasteiger partial charge in [-0.2, -0.15) is 0 Å². The van der Waals surface area contributed by atoms with Gasteiger partial charge in [0.2, 0.25) is 82.7 Å². The molecule has 12 atom stereocenters. The zero-order valence-corrected chi connectivity index (χ0v) is 68.5. The van der Waals surface area contributed by atoms with Crippen LogP contribution in [0.25, 0.3) is 0 Å². The molecule has 3 rings (SSSR count). The summed E-state index contributed by atoms with van der Waals surface area (Å²) in [6.45, 7) is 11.4. The number of phenols is 1. The van der Waals surface area contributed by atoms with Gasteiger partial charge in [0.05, 0.1) is 19.1 Å². The van der Waals surface area contributed by atoms with Gasteiger partial charge in [0, 0.05) is 46.1 Å². The van der Waals surface area contributed by atoms with Crippen molar-refractivity contribution in [2.45, 2.75) is 237 Å². The third kappa shape index (κ3) is 39.6. The van der Waals surface area contributed by atoms with Crippen LogP contribution in [0.15, 0.2) is 69.6 Å². The molecule has 1 aliphatic heterocycles. The molecule has 40 nitrogen and oxygen atoms in total. The Hall–Kier alpha value is -11.4. The smallest absolute Gasteiger partial charge is 0.245 e. The minimum atomic E-state index is -1.49. The number of carbonyl (C=O) groups is 14. The molecule has 1 fully saturated rings. The van der Waals surface area contributed by atoms with Gasteiger partial charge in [0.25, 0.3) is 0 Å². The van der Waals surface area contributed by atoms with Crippen LogP contribution in [0.2, 0.25) is 0 Å². The van der Waals surface area contributed by atoms with E-state index in [-0.39, 0.29) is 164 Å². The summed E-state index contributed by atoms with van der Waals surface area (Å²) in [4.78, 5) is 209. The second-order valence-corrected chi connectivity index (χ2v) is 30.0. The van der Waals surface area contributed by atoms with Crippen molar-refractivity contribution in [3.05, 3.63) is 65.7 Å². The Morgan fingerprint density at radius 2 is 0.915 bits per heavy atom. The summed E-state index contributed by atoms with van der Waals surface area (Å²) in [5.41, 5.74) is 52.8. The predicted molar refractivity (Wildman–Crippen MR) is 441 cm³/mol. The molecule has 0 radical (unpaired) electrons. The highest BCUT2D eigenvalue weighted by molar-refractivity contribution is 6.00. The second kappa shape index (κ2) is 53.7. The van der Waals surface area contributed by atoms with Crippen LogP contribution in [0.1, 0.15) is 169 Å². The lowest BCUT2D eigenvalue weighted by molar-refractivity contribution is -0.143. The number of nitrogens with two attached hydrogens (primary N) is 9. The minimum absolute atomic E-state index is 0.00635. The number of likely N-dealkylation sites (tertiary alicyclic amines) is 1. The van der Waals surface area contributed by atoms with Crippen molar-refractivity contribution in [2.75, 3.05) is 52.4 Å². The number of aromatic hydroxyl groups is 1. The number of hydrogen-bond donors (Lipinski definition) is 22. The average Bonchev–Trinajstić information content (AvgIpc) is 1.70. The van der Waals surface area contributed by atoms with Gasteiger partial charge in [-0.25, -0.2) is 0 Å². The van der Waals surface area contributed by atoms with Crippen molar-refractivity contribution in [2.24, 2.45) is 84.3 Å². The molecule has 1 unspecified atom stereocenters. The fraction of sp³-hybridized carbons (Fsp3) is 0.623. The number of primary amides is 1. The Morgan fingerprint density at radius 3 is 1.42 bits per heavy atom. The number of rotatable bonds is 55. The molecular formula is C77H129N25O15. The quantitative estimate of drug-likeness (QED) is 0.0168. The van der Waals surface area contributed by atoms with E-state index in [4.69, 9.17) is 51.6 Å². The fourth-order valence-electron chi connectivity index (χ4n) is 12.7. The summed E-state index contributed by atoms with van der Waals surface area (Å²) in [7, 11) is 0. The highest BCUT2D eigenvalue weighted by Gasteiger charge is 2.42. The first kappa shape index (κ1) is 99.7. The summed E-state index contributed by atoms with van der Waals surface area (Å²) in [6.07, 6.45) is 2.69. The third-order valence-electron chi connectivity index (χ3n) is 19.1. The van der Waals surface area contributed by atoms with Crippen LogP contribution in [0.5, 0.6) is 5.75 Å². The molecule has 14 amide bonds. The number of benzene rings is 2. The Labute approximate surface area is 683 Å². The van der Waals surface area contributed by atoms with Gasteiger partial charge in [-0.05, 0) is 157 Å². The summed E-state index contributed by atoms with van der Waals surface area (Å²) in [5, 5.41) is 41.7. The predicted octanol–water partition coefficient (Wildman–Crippen LogP) is -4.69. The van der Waals surface area contributed by atoms with Gasteiger partial charge in [-0.15, -0.1) is 0 Å². The van der Waals surface area contributed by atoms with Gasteiger partial charge in [-0.1, -0.05) is 90.4 Å². The summed E-state index contributed by atoms with van der Waals surface area (Å²) >= 11 is 0. The van der Waals surface area contributed by atoms with E-state index in [1.165, 1.54) is 24.0 Å². The molecule has 2 aromatic carbocycles. The normalized spacial score (nSPS) is 15.2. The molecule has 117 heavy (non-hydrogen) atoms. The first-order chi connectivity index (χ1) is 55.4. The number of hydrogen-bond acceptors (Lipinski definition) is 20. The van der Waals surface area contributed by atoms with Crippen LogP contribution in [-0.4, -0.2) is 229 Å². The molecule has 1 heterocycles. The fourth-order valence-corrected chi connectivity index (χ4v) is 12.7. The van der Waals surface area contributed by atoms with Crippen molar-refractivity contribution < 1.29 is 72.2 Å². The molecule has 1 saturated heterocycles. The van der Waals surface area contributed by atoms with Gasteiger partial charge < -0.3 is 125 Å². The Morgan fingerprint density at radius 1 is 0.470 bits per heavy atom. The molecule has 40 heteroatoms. The maximum absolute atomic E-state index is 15.1. The van der Waals surface area contributed by atoms with Gasteiger partial charge in [0.15, 0.2) is 17.9 Å². The maximum Gasteiger partial charge on any atom is 0.245 e. The Balaban J connectivity index is 1.97. The topological polar surface area (TPSA) is 678 Å².